The van der Waals surface area contributed by atoms with Gasteiger partial charge in [-0.2, -0.15) is 0 Å². The van der Waals surface area contributed by atoms with Gasteiger partial charge in [0.05, 0.1) is 4.92 Å². The molecule has 0 heterocycles. The molecule has 1 saturated carbocycles. The van der Waals surface area contributed by atoms with Gasteiger partial charge >= 0.3 is 0 Å². The zero-order valence-corrected chi connectivity index (χ0v) is 12.2. The second-order valence-electron chi connectivity index (χ2n) is 5.29. The number of nitrogens with one attached hydrogen (secondary N) is 1. The van der Waals surface area contributed by atoms with Crippen LogP contribution in [0.15, 0.2) is 18.2 Å². The molecule has 0 aromatic heterocycles. The Kier molecular flexibility index (Phi) is 4.42. The van der Waals surface area contributed by atoms with E-state index in [2.05, 4.69) is 5.32 Å². The van der Waals surface area contributed by atoms with Gasteiger partial charge in [0.2, 0.25) is 0 Å². The number of amides is 1. The molecule has 1 aliphatic carbocycles. The minimum Gasteiger partial charge on any atom is -0.364 e. The maximum absolute atomic E-state index is 11.7. The van der Waals surface area contributed by atoms with E-state index in [4.69, 9.17) is 5.73 Å². The Bertz CT molecular complexity index is 557. The number of nitrogens with two attached hydrogens (primary N) is 1. The fourth-order valence-corrected chi connectivity index (χ4v) is 2.57. The lowest BCUT2D eigenvalue weighted by Gasteiger charge is -2.29. The topological polar surface area (TPSA) is 101 Å². The lowest BCUT2D eigenvalue weighted by Crippen LogP contribution is -2.40. The fourth-order valence-electron chi connectivity index (χ4n) is 2.57. The summed E-state index contributed by atoms with van der Waals surface area (Å²) in [5, 5.41) is 13.7. The maximum Gasteiger partial charge on any atom is 0.292 e. The minimum atomic E-state index is -0.431. The zero-order valence-electron chi connectivity index (χ0n) is 12.2. The molecule has 1 atom stereocenters. The standard InChI is InChI=1S/C14H20N4O3/c1-16-14(19)10-5-6-11(18(20)21)12(7-10)17(2)13(8-15)9-3-4-9/h5-7,9,13H,3-4,8,15H2,1-2H3,(H,16,19). The molecule has 2 rings (SSSR count). The molecule has 21 heavy (non-hydrogen) atoms. The van der Waals surface area contributed by atoms with Crippen molar-refractivity contribution < 1.29 is 9.72 Å². The van der Waals surface area contributed by atoms with Gasteiger partial charge in [0.15, 0.2) is 0 Å². The summed E-state index contributed by atoms with van der Waals surface area (Å²) in [6, 6.07) is 4.45. The van der Waals surface area contributed by atoms with Gasteiger partial charge in [0.1, 0.15) is 5.69 Å². The number of nitro groups is 1. The highest BCUT2D eigenvalue weighted by atomic mass is 16.6. The van der Waals surface area contributed by atoms with Crippen molar-refractivity contribution in [1.29, 1.82) is 0 Å². The van der Waals surface area contributed by atoms with Crippen LogP contribution in [0.25, 0.3) is 0 Å². The van der Waals surface area contributed by atoms with E-state index < -0.39 is 4.92 Å². The van der Waals surface area contributed by atoms with Gasteiger partial charge < -0.3 is 16.0 Å². The van der Waals surface area contributed by atoms with Crippen LogP contribution in [0.5, 0.6) is 0 Å². The molecule has 0 radical (unpaired) electrons. The Morgan fingerprint density at radius 3 is 2.71 bits per heavy atom. The van der Waals surface area contributed by atoms with Crippen LogP contribution >= 0.6 is 0 Å². The number of hydrogen-bond acceptors (Lipinski definition) is 5. The summed E-state index contributed by atoms with van der Waals surface area (Å²) in [5.74, 6) is 0.207. The SMILES string of the molecule is CNC(=O)c1ccc([N+](=O)[O-])c(N(C)C(CN)C2CC2)c1. The van der Waals surface area contributed by atoms with Gasteiger partial charge in [0.25, 0.3) is 11.6 Å². The van der Waals surface area contributed by atoms with Crippen LogP contribution in [-0.4, -0.2) is 37.5 Å². The largest absolute Gasteiger partial charge is 0.364 e. The number of carbonyl (C=O) groups is 1. The van der Waals surface area contributed by atoms with Gasteiger partial charge in [-0.05, 0) is 30.9 Å². The first-order valence-electron chi connectivity index (χ1n) is 6.93. The smallest absolute Gasteiger partial charge is 0.292 e. The molecule has 0 saturated heterocycles. The summed E-state index contributed by atoms with van der Waals surface area (Å²) >= 11 is 0. The van der Waals surface area contributed by atoms with Crippen LogP contribution in [0, 0.1) is 16.0 Å². The molecule has 3 N–H and O–H groups in total. The lowest BCUT2D eigenvalue weighted by atomic mass is 10.1. The van der Waals surface area contributed by atoms with Gasteiger partial charge in [-0.25, -0.2) is 0 Å². The van der Waals surface area contributed by atoms with E-state index in [0.717, 1.165) is 12.8 Å². The summed E-state index contributed by atoms with van der Waals surface area (Å²) in [6.45, 7) is 0.433. The molecule has 7 nitrogen and oxygen atoms in total. The normalized spacial score (nSPS) is 15.4. The Labute approximate surface area is 123 Å². The highest BCUT2D eigenvalue weighted by Gasteiger charge is 2.35. The zero-order chi connectivity index (χ0) is 15.6. The van der Waals surface area contributed by atoms with Gasteiger partial charge in [-0.1, -0.05) is 0 Å². The molecule has 1 unspecified atom stereocenters. The van der Waals surface area contributed by atoms with Crippen molar-refractivity contribution in [3.8, 4) is 0 Å². The van der Waals surface area contributed by atoms with E-state index in [1.165, 1.54) is 19.2 Å². The number of nitro benzene ring substituents is 1. The first-order valence-corrected chi connectivity index (χ1v) is 6.93. The van der Waals surface area contributed by atoms with Crippen LogP contribution in [0.1, 0.15) is 23.2 Å². The van der Waals surface area contributed by atoms with E-state index >= 15 is 0 Å². The predicted octanol–water partition coefficient (Wildman–Crippen LogP) is 1.13. The Hall–Kier alpha value is -2.15. The van der Waals surface area contributed by atoms with Crippen molar-refractivity contribution in [2.24, 2.45) is 11.7 Å². The Morgan fingerprint density at radius 2 is 2.24 bits per heavy atom. The summed E-state index contributed by atoms with van der Waals surface area (Å²) in [6.07, 6.45) is 2.18. The van der Waals surface area contributed by atoms with E-state index in [1.807, 2.05) is 4.90 Å². The number of anilines is 1. The first-order chi connectivity index (χ1) is 9.99. The van der Waals surface area contributed by atoms with Crippen molar-refractivity contribution in [2.75, 3.05) is 25.5 Å². The second-order valence-corrected chi connectivity index (χ2v) is 5.29. The van der Waals surface area contributed by atoms with E-state index in [0.29, 0.717) is 23.7 Å². The fraction of sp³-hybridized carbons (Fsp3) is 0.500. The van der Waals surface area contributed by atoms with E-state index in [-0.39, 0.29) is 17.6 Å². The van der Waals surface area contributed by atoms with Crippen LogP contribution in [0.4, 0.5) is 11.4 Å². The van der Waals surface area contributed by atoms with Crippen molar-refractivity contribution in [3.05, 3.63) is 33.9 Å². The highest BCUT2D eigenvalue weighted by Crippen LogP contribution is 2.38. The summed E-state index contributed by atoms with van der Waals surface area (Å²) < 4.78 is 0. The van der Waals surface area contributed by atoms with Crippen LogP contribution < -0.4 is 16.0 Å². The second kappa shape index (κ2) is 6.09. The molecule has 114 valence electrons. The van der Waals surface area contributed by atoms with E-state index in [1.54, 1.807) is 13.1 Å². The third-order valence-corrected chi connectivity index (χ3v) is 3.95. The third-order valence-electron chi connectivity index (χ3n) is 3.95. The summed E-state index contributed by atoms with van der Waals surface area (Å²) in [7, 11) is 3.33. The number of nitrogens with zero attached hydrogens (tertiary/aromatic N) is 2. The van der Waals surface area contributed by atoms with Gasteiger partial charge in [0, 0.05) is 38.3 Å². The number of benzene rings is 1. The lowest BCUT2D eigenvalue weighted by molar-refractivity contribution is -0.384. The van der Waals surface area contributed by atoms with Crippen LogP contribution in [0.2, 0.25) is 0 Å². The third kappa shape index (κ3) is 3.13. The molecule has 1 aliphatic rings. The number of rotatable bonds is 6. The number of likely N-dealkylation sites (N-methyl/N-ethyl adjacent to an activating group) is 1. The molecule has 7 heteroatoms. The van der Waals surface area contributed by atoms with Crippen molar-refractivity contribution in [3.63, 3.8) is 0 Å². The molecule has 0 aliphatic heterocycles. The molecular weight excluding hydrogens is 272 g/mol. The molecule has 1 fully saturated rings. The number of carbonyl (C=O) groups excluding carboxylic acids is 1. The van der Waals surface area contributed by atoms with Gasteiger partial charge in [-0.15, -0.1) is 0 Å². The Balaban J connectivity index is 2.41. The quantitative estimate of drug-likeness (QED) is 0.604. The molecular formula is C14H20N4O3. The summed E-state index contributed by atoms with van der Waals surface area (Å²) in [5.41, 5.74) is 6.63. The monoisotopic (exact) mass is 292 g/mol. The first kappa shape index (κ1) is 15.2. The van der Waals surface area contributed by atoms with Crippen molar-refractivity contribution in [1.82, 2.24) is 5.32 Å². The maximum atomic E-state index is 11.7. The van der Waals surface area contributed by atoms with Crippen LogP contribution in [-0.2, 0) is 0 Å². The highest BCUT2D eigenvalue weighted by molar-refractivity contribution is 5.95. The van der Waals surface area contributed by atoms with Gasteiger partial charge in [-0.3, -0.25) is 14.9 Å². The summed E-state index contributed by atoms with van der Waals surface area (Å²) in [4.78, 5) is 24.4. The van der Waals surface area contributed by atoms with Crippen molar-refractivity contribution in [2.45, 2.75) is 18.9 Å². The molecule has 0 bridgehead atoms. The molecule has 1 aromatic rings. The number of hydrogen-bond donors (Lipinski definition) is 2. The minimum absolute atomic E-state index is 0.00995. The van der Waals surface area contributed by atoms with E-state index in [9.17, 15) is 14.9 Å². The molecule has 0 spiro atoms. The Morgan fingerprint density at radius 1 is 1.57 bits per heavy atom. The van der Waals surface area contributed by atoms with Crippen molar-refractivity contribution >= 4 is 17.3 Å². The average molecular weight is 292 g/mol. The molecule has 1 aromatic carbocycles. The average Bonchev–Trinajstić information content (AvgIpc) is 3.31. The molecule has 1 amide bonds. The predicted molar refractivity (Wildman–Crippen MR) is 80.5 cm³/mol. The van der Waals surface area contributed by atoms with Crippen LogP contribution in [0.3, 0.4) is 0 Å².